The van der Waals surface area contributed by atoms with Crippen molar-refractivity contribution in [2.24, 2.45) is 0 Å². The molecule has 0 rings (SSSR count). The number of hydrogen-bond donors (Lipinski definition) is 1. The molecule has 0 atom stereocenters. The number of amides is 1. The molecule has 0 radical (unpaired) electrons. The van der Waals surface area contributed by atoms with Crippen molar-refractivity contribution in [1.82, 2.24) is 5.32 Å². The van der Waals surface area contributed by atoms with E-state index in [1.54, 1.807) is 0 Å². The molecular weight excluding hydrogens is 345 g/mol. The number of nitrogens with one attached hydrogen (secondary N) is 1. The molecule has 0 spiro atoms. The largest absolute Gasteiger partial charge is 1.00 e. The molecule has 0 saturated heterocycles. The zero-order valence-electron chi connectivity index (χ0n) is 18.6. The van der Waals surface area contributed by atoms with E-state index < -0.39 is 0 Å². The van der Waals surface area contributed by atoms with E-state index in [4.69, 9.17) is 0 Å². The molecule has 0 heterocycles. The fraction of sp³-hybridized carbons (Fsp3) is 0.913. The van der Waals surface area contributed by atoms with Crippen LogP contribution in [0.5, 0.6) is 0 Å². The molecule has 0 bridgehead atoms. The predicted octanol–water partition coefficient (Wildman–Crippen LogP) is 4.37. The Morgan fingerprint density at radius 3 is 1.42 bits per heavy atom. The Morgan fingerprint density at radius 2 is 1.08 bits per heavy atom. The van der Waals surface area contributed by atoms with Gasteiger partial charge in [0.2, 0.25) is 5.91 Å². The van der Waals surface area contributed by atoms with Crippen LogP contribution in [0.15, 0.2) is 0 Å². The number of unbranched alkanes of at least 4 members (excludes halogenated alkanes) is 14. The molecule has 0 saturated carbocycles. The zero-order chi connectivity index (χ0) is 18.8. The first-order chi connectivity index (χ1) is 12.0. The van der Waals surface area contributed by atoms with Crippen LogP contribution in [0, 0.1) is 6.92 Å². The second-order valence-corrected chi connectivity index (χ2v) is 8.38. The molecule has 0 aliphatic carbocycles. The maximum atomic E-state index is 11.8. The summed E-state index contributed by atoms with van der Waals surface area (Å²) in [6, 6.07) is 0. The molecule has 2 nitrogen and oxygen atoms in total. The van der Waals surface area contributed by atoms with Crippen LogP contribution in [0.3, 0.4) is 0 Å². The van der Waals surface area contributed by atoms with Crippen molar-refractivity contribution in [2.75, 3.05) is 0 Å². The fourth-order valence-electron chi connectivity index (χ4n) is 3.16. The maximum Gasteiger partial charge on any atom is 1.00 e. The molecular formula is C23H46KNO. The topological polar surface area (TPSA) is 29.1 Å². The minimum Gasteiger partial charge on any atom is -0.354 e. The zero-order valence-corrected chi connectivity index (χ0v) is 21.8. The molecule has 0 fully saturated rings. The van der Waals surface area contributed by atoms with Gasteiger partial charge in [0, 0.05) is 12.0 Å². The third-order valence-corrected chi connectivity index (χ3v) is 5.11. The van der Waals surface area contributed by atoms with Crippen LogP contribution in [0.2, 0.25) is 0 Å². The first kappa shape index (κ1) is 29.3. The number of carbonyl (C=O) groups excluding carboxylic acids is 1. The molecule has 1 N–H and O–H groups in total. The maximum absolute atomic E-state index is 11.8. The van der Waals surface area contributed by atoms with Gasteiger partial charge in [0.05, 0.1) is 0 Å². The van der Waals surface area contributed by atoms with Gasteiger partial charge in [0.1, 0.15) is 0 Å². The summed E-state index contributed by atoms with van der Waals surface area (Å²) in [7, 11) is 0. The van der Waals surface area contributed by atoms with Gasteiger partial charge in [0.15, 0.2) is 0 Å². The number of hydrogen-bond acceptors (Lipinski definition) is 1. The van der Waals surface area contributed by atoms with Gasteiger partial charge >= 0.3 is 51.4 Å². The normalized spacial score (nSPS) is 11.2. The molecule has 0 aromatic carbocycles. The second-order valence-electron chi connectivity index (χ2n) is 8.38. The Hall–Kier alpha value is 1.11. The van der Waals surface area contributed by atoms with Gasteiger partial charge in [0.25, 0.3) is 0 Å². The summed E-state index contributed by atoms with van der Waals surface area (Å²) >= 11 is 0. The van der Waals surface area contributed by atoms with Gasteiger partial charge in [-0.25, -0.2) is 0 Å². The Labute approximate surface area is 207 Å². The molecule has 26 heavy (non-hydrogen) atoms. The van der Waals surface area contributed by atoms with Crippen LogP contribution in [0.4, 0.5) is 0 Å². The van der Waals surface area contributed by atoms with Gasteiger partial charge in [-0.1, -0.05) is 96.8 Å². The third kappa shape index (κ3) is 21.4. The molecule has 150 valence electrons. The summed E-state index contributed by atoms with van der Waals surface area (Å²) in [5, 5.41) is 3.05. The molecule has 1 amide bonds. The van der Waals surface area contributed by atoms with Crippen LogP contribution in [0.25, 0.3) is 0 Å². The molecule has 0 aromatic rings. The van der Waals surface area contributed by atoms with Gasteiger partial charge < -0.3 is 12.2 Å². The quantitative estimate of drug-likeness (QED) is 0.210. The fourth-order valence-corrected chi connectivity index (χ4v) is 3.16. The molecule has 0 aromatic heterocycles. The molecule has 0 aliphatic heterocycles. The Balaban J connectivity index is 0. The van der Waals surface area contributed by atoms with Crippen LogP contribution in [0.1, 0.15) is 130 Å². The summed E-state index contributed by atoms with van der Waals surface area (Å²) in [6.07, 6.45) is 21.8. The van der Waals surface area contributed by atoms with Gasteiger partial charge in [-0.3, -0.25) is 4.79 Å². The molecule has 0 unspecified atom stereocenters. The van der Waals surface area contributed by atoms with E-state index in [2.05, 4.69) is 19.2 Å². The predicted molar refractivity (Wildman–Crippen MR) is 112 cm³/mol. The number of carbonyl (C=O) groups is 1. The standard InChI is InChI=1S/C23H46NO.K/c1-5-7-8-9-10-11-12-13-14-15-16-17-18-19-20-21-22(25)24-23(3,4)6-2;/h2,5-21H2,1,3-4H3,(H,24,25);/q-1;+1. The monoisotopic (exact) mass is 391 g/mol. The van der Waals surface area contributed by atoms with E-state index in [1.807, 2.05) is 13.8 Å². The van der Waals surface area contributed by atoms with Crippen molar-refractivity contribution < 1.29 is 56.2 Å². The van der Waals surface area contributed by atoms with E-state index >= 15 is 0 Å². The van der Waals surface area contributed by atoms with E-state index in [0.29, 0.717) is 6.42 Å². The van der Waals surface area contributed by atoms with Crippen molar-refractivity contribution in [1.29, 1.82) is 0 Å². The summed E-state index contributed by atoms with van der Waals surface area (Å²) in [5.41, 5.74) is -0.160. The Bertz CT molecular complexity index is 305. The van der Waals surface area contributed by atoms with Gasteiger partial charge in [-0.2, -0.15) is 6.42 Å². The van der Waals surface area contributed by atoms with Crippen molar-refractivity contribution in [3.05, 3.63) is 6.92 Å². The van der Waals surface area contributed by atoms with E-state index in [-0.39, 0.29) is 62.8 Å². The first-order valence-corrected chi connectivity index (χ1v) is 11.1. The SMILES string of the molecule is [CH2-]CC(C)(C)NC(=O)CCCCCCCCCCCCCCCCC.[K+]. The van der Waals surface area contributed by atoms with Gasteiger partial charge in [-0.15, -0.1) is 0 Å². The third-order valence-electron chi connectivity index (χ3n) is 5.11. The smallest absolute Gasteiger partial charge is 0.354 e. The first-order valence-electron chi connectivity index (χ1n) is 11.1. The second kappa shape index (κ2) is 20.8. The number of rotatable bonds is 18. The Kier molecular flexibility index (Phi) is 23.5. The van der Waals surface area contributed by atoms with Crippen molar-refractivity contribution in [3.63, 3.8) is 0 Å². The summed E-state index contributed by atoms with van der Waals surface area (Å²) in [5.74, 6) is 0.184. The summed E-state index contributed by atoms with van der Waals surface area (Å²) in [6.45, 7) is 10.2. The van der Waals surface area contributed by atoms with Gasteiger partial charge in [-0.05, 0) is 20.3 Å². The van der Waals surface area contributed by atoms with Crippen LogP contribution < -0.4 is 56.7 Å². The van der Waals surface area contributed by atoms with E-state index in [1.165, 1.54) is 89.9 Å². The average Bonchev–Trinajstić information content (AvgIpc) is 2.58. The molecule has 0 aliphatic rings. The minimum atomic E-state index is -0.160. The van der Waals surface area contributed by atoms with Crippen LogP contribution in [-0.4, -0.2) is 11.4 Å². The Morgan fingerprint density at radius 1 is 0.731 bits per heavy atom. The minimum absolute atomic E-state index is 0. The van der Waals surface area contributed by atoms with Crippen LogP contribution in [-0.2, 0) is 4.79 Å². The van der Waals surface area contributed by atoms with Crippen LogP contribution >= 0.6 is 0 Å². The summed E-state index contributed by atoms with van der Waals surface area (Å²) in [4.78, 5) is 11.8. The summed E-state index contributed by atoms with van der Waals surface area (Å²) < 4.78 is 0. The van der Waals surface area contributed by atoms with E-state index in [9.17, 15) is 4.79 Å². The van der Waals surface area contributed by atoms with Crippen molar-refractivity contribution >= 4 is 5.91 Å². The van der Waals surface area contributed by atoms with Crippen molar-refractivity contribution in [2.45, 2.75) is 135 Å². The molecule has 3 heteroatoms. The van der Waals surface area contributed by atoms with Crippen molar-refractivity contribution in [3.8, 4) is 0 Å². The van der Waals surface area contributed by atoms with E-state index in [0.717, 1.165) is 12.8 Å². The average molecular weight is 392 g/mol.